The van der Waals surface area contributed by atoms with Crippen LogP contribution < -0.4 is 9.47 Å². The van der Waals surface area contributed by atoms with Crippen LogP contribution in [0.25, 0.3) is 0 Å². The van der Waals surface area contributed by atoms with Crippen LogP contribution in [-0.4, -0.2) is 31.6 Å². The van der Waals surface area contributed by atoms with Gasteiger partial charge in [-0.15, -0.1) is 0 Å². The predicted octanol–water partition coefficient (Wildman–Crippen LogP) is 4.90. The Kier molecular flexibility index (Phi) is 5.74. The van der Waals surface area contributed by atoms with Gasteiger partial charge in [0.25, 0.3) is 0 Å². The molecule has 0 saturated heterocycles. The van der Waals surface area contributed by atoms with E-state index in [1.54, 1.807) is 26.4 Å². The fraction of sp³-hybridized carbons (Fsp3) is 0.458. The monoisotopic (exact) mass is 397 g/mol. The highest BCUT2D eigenvalue weighted by Crippen LogP contribution is 2.42. The molecule has 0 aromatic heterocycles. The van der Waals surface area contributed by atoms with Crippen molar-refractivity contribution in [3.05, 3.63) is 58.9 Å². The number of ether oxygens (including phenoxy) is 2. The maximum absolute atomic E-state index is 13.6. The number of benzene rings is 2. The van der Waals surface area contributed by atoms with Crippen molar-refractivity contribution in [2.45, 2.75) is 44.6 Å². The third-order valence-electron chi connectivity index (χ3n) is 6.30. The zero-order valence-electron chi connectivity index (χ0n) is 17.1. The number of fused-ring (bicyclic) bond motifs is 1. The summed E-state index contributed by atoms with van der Waals surface area (Å²) in [4.78, 5) is 15.5. The molecule has 4 nitrogen and oxygen atoms in total. The van der Waals surface area contributed by atoms with Gasteiger partial charge in [0, 0.05) is 12.5 Å². The molecule has 1 heterocycles. The van der Waals surface area contributed by atoms with Gasteiger partial charge in [-0.2, -0.15) is 0 Å². The Balaban J connectivity index is 1.78. The molecule has 1 amide bonds. The van der Waals surface area contributed by atoms with E-state index in [0.717, 1.165) is 48.8 Å². The van der Waals surface area contributed by atoms with Crippen molar-refractivity contribution in [3.63, 3.8) is 0 Å². The molecule has 0 N–H and O–H groups in total. The molecule has 1 fully saturated rings. The molecule has 0 unspecified atom stereocenters. The highest BCUT2D eigenvalue weighted by atomic mass is 19.1. The second kappa shape index (κ2) is 8.44. The largest absolute Gasteiger partial charge is 0.493 e. The van der Waals surface area contributed by atoms with Crippen LogP contribution in [0.4, 0.5) is 4.39 Å². The van der Waals surface area contributed by atoms with E-state index in [1.807, 2.05) is 17.0 Å². The maximum Gasteiger partial charge on any atom is 0.226 e. The van der Waals surface area contributed by atoms with E-state index in [0.29, 0.717) is 18.0 Å². The average molecular weight is 397 g/mol. The number of amides is 1. The summed E-state index contributed by atoms with van der Waals surface area (Å²) in [6, 6.07) is 10.2. The molecule has 5 heteroatoms. The van der Waals surface area contributed by atoms with E-state index in [-0.39, 0.29) is 23.7 Å². The van der Waals surface area contributed by atoms with Crippen molar-refractivity contribution >= 4 is 5.91 Å². The summed E-state index contributed by atoms with van der Waals surface area (Å²) in [7, 11) is 3.24. The molecule has 29 heavy (non-hydrogen) atoms. The normalized spacial score (nSPS) is 19.6. The van der Waals surface area contributed by atoms with Gasteiger partial charge in [-0.3, -0.25) is 4.79 Å². The van der Waals surface area contributed by atoms with Gasteiger partial charge in [-0.05, 0) is 60.2 Å². The lowest BCUT2D eigenvalue weighted by Crippen LogP contribution is -2.44. The van der Waals surface area contributed by atoms with Gasteiger partial charge in [0.1, 0.15) is 5.82 Å². The fourth-order valence-corrected chi connectivity index (χ4v) is 4.77. The first kappa shape index (κ1) is 19.7. The molecule has 1 saturated carbocycles. The summed E-state index contributed by atoms with van der Waals surface area (Å²) >= 11 is 0. The van der Waals surface area contributed by atoms with E-state index in [9.17, 15) is 9.18 Å². The summed E-state index contributed by atoms with van der Waals surface area (Å²) in [6.45, 7) is 0.653. The number of carbonyl (C=O) groups excluding carboxylic acids is 1. The minimum absolute atomic E-state index is 0.0911. The second-order valence-corrected chi connectivity index (χ2v) is 7.98. The van der Waals surface area contributed by atoms with Crippen molar-refractivity contribution in [1.29, 1.82) is 0 Å². The van der Waals surface area contributed by atoms with Crippen LogP contribution in [-0.2, 0) is 11.2 Å². The van der Waals surface area contributed by atoms with E-state index >= 15 is 0 Å². The SMILES string of the molecule is COc1cc2c(cc1OC)[C@H](c1ccc(F)cc1)N(C(=O)C1CCCCC1)CC2. The van der Waals surface area contributed by atoms with Crippen molar-refractivity contribution < 1.29 is 18.7 Å². The molecule has 2 aromatic rings. The van der Waals surface area contributed by atoms with Crippen LogP contribution in [0.2, 0.25) is 0 Å². The molecule has 4 rings (SSSR count). The molecular weight excluding hydrogens is 369 g/mol. The maximum atomic E-state index is 13.6. The van der Waals surface area contributed by atoms with Crippen molar-refractivity contribution in [1.82, 2.24) is 4.90 Å². The van der Waals surface area contributed by atoms with Crippen LogP contribution in [0.15, 0.2) is 36.4 Å². The number of nitrogens with zero attached hydrogens (tertiary/aromatic N) is 1. The minimum atomic E-state index is -0.276. The Hall–Kier alpha value is -2.56. The lowest BCUT2D eigenvalue weighted by atomic mass is 9.84. The van der Waals surface area contributed by atoms with Gasteiger partial charge in [0.05, 0.1) is 20.3 Å². The van der Waals surface area contributed by atoms with Gasteiger partial charge < -0.3 is 14.4 Å². The highest BCUT2D eigenvalue weighted by molar-refractivity contribution is 5.80. The number of carbonyl (C=O) groups is 1. The lowest BCUT2D eigenvalue weighted by Gasteiger charge is -2.40. The van der Waals surface area contributed by atoms with Gasteiger partial charge in [0.2, 0.25) is 5.91 Å². The lowest BCUT2D eigenvalue weighted by molar-refractivity contribution is -0.138. The van der Waals surface area contributed by atoms with E-state index in [2.05, 4.69) is 0 Å². The Morgan fingerprint density at radius 3 is 2.31 bits per heavy atom. The Morgan fingerprint density at radius 1 is 1.00 bits per heavy atom. The summed E-state index contributed by atoms with van der Waals surface area (Å²) in [5.74, 6) is 1.37. The van der Waals surface area contributed by atoms with Crippen LogP contribution in [0.1, 0.15) is 54.8 Å². The Bertz CT molecular complexity index is 874. The third kappa shape index (κ3) is 3.83. The van der Waals surface area contributed by atoms with E-state index < -0.39 is 0 Å². The molecule has 1 aliphatic carbocycles. The Labute approximate surface area is 171 Å². The van der Waals surface area contributed by atoms with E-state index in [1.165, 1.54) is 18.6 Å². The van der Waals surface area contributed by atoms with Crippen molar-refractivity contribution in [2.24, 2.45) is 5.92 Å². The van der Waals surface area contributed by atoms with Gasteiger partial charge >= 0.3 is 0 Å². The summed E-state index contributed by atoms with van der Waals surface area (Å²) < 4.78 is 24.6. The average Bonchev–Trinajstić information content (AvgIpc) is 2.78. The summed E-state index contributed by atoms with van der Waals surface area (Å²) in [5, 5.41) is 0. The molecule has 0 spiro atoms. The molecule has 1 aliphatic heterocycles. The molecule has 2 aromatic carbocycles. The number of hydrogen-bond acceptors (Lipinski definition) is 3. The first-order valence-corrected chi connectivity index (χ1v) is 10.4. The predicted molar refractivity (Wildman–Crippen MR) is 110 cm³/mol. The van der Waals surface area contributed by atoms with Crippen LogP contribution in [0.5, 0.6) is 11.5 Å². The van der Waals surface area contributed by atoms with Crippen LogP contribution >= 0.6 is 0 Å². The van der Waals surface area contributed by atoms with Crippen LogP contribution in [0, 0.1) is 11.7 Å². The number of halogens is 1. The summed E-state index contributed by atoms with van der Waals surface area (Å²) in [6.07, 6.45) is 6.14. The molecular formula is C24H28FNO3. The molecule has 0 radical (unpaired) electrons. The number of rotatable bonds is 4. The fourth-order valence-electron chi connectivity index (χ4n) is 4.77. The molecule has 2 aliphatic rings. The minimum Gasteiger partial charge on any atom is -0.493 e. The first-order valence-electron chi connectivity index (χ1n) is 10.4. The van der Waals surface area contributed by atoms with Crippen LogP contribution in [0.3, 0.4) is 0 Å². The molecule has 1 atom stereocenters. The third-order valence-corrected chi connectivity index (χ3v) is 6.30. The standard InChI is InChI=1S/C24H28FNO3/c1-28-21-14-18-12-13-26(24(27)17-6-4-3-5-7-17)23(20(18)15-22(21)29-2)16-8-10-19(25)11-9-16/h8-11,14-15,17,23H,3-7,12-13H2,1-2H3/t23-/m0/s1. The number of hydrogen-bond donors (Lipinski definition) is 0. The zero-order chi connectivity index (χ0) is 20.4. The molecule has 0 bridgehead atoms. The smallest absolute Gasteiger partial charge is 0.226 e. The molecule has 154 valence electrons. The number of methoxy groups -OCH3 is 2. The summed E-state index contributed by atoms with van der Waals surface area (Å²) in [5.41, 5.74) is 3.10. The zero-order valence-corrected chi connectivity index (χ0v) is 17.1. The van der Waals surface area contributed by atoms with Crippen molar-refractivity contribution in [3.8, 4) is 11.5 Å². The Morgan fingerprint density at radius 2 is 1.66 bits per heavy atom. The van der Waals surface area contributed by atoms with Gasteiger partial charge in [-0.1, -0.05) is 31.4 Å². The topological polar surface area (TPSA) is 38.8 Å². The van der Waals surface area contributed by atoms with Gasteiger partial charge in [-0.25, -0.2) is 4.39 Å². The second-order valence-electron chi connectivity index (χ2n) is 7.98. The van der Waals surface area contributed by atoms with E-state index in [4.69, 9.17) is 9.47 Å². The first-order chi connectivity index (χ1) is 14.1. The van der Waals surface area contributed by atoms with Crippen molar-refractivity contribution in [2.75, 3.05) is 20.8 Å². The van der Waals surface area contributed by atoms with Gasteiger partial charge in [0.15, 0.2) is 11.5 Å². The quantitative estimate of drug-likeness (QED) is 0.737. The highest BCUT2D eigenvalue weighted by Gasteiger charge is 2.36.